The minimum atomic E-state index is -2.73. The molecule has 0 heterocycles. The van der Waals surface area contributed by atoms with Crippen molar-refractivity contribution in [1.29, 1.82) is 0 Å². The van der Waals surface area contributed by atoms with E-state index in [1.54, 1.807) is 11.8 Å². The molecule has 20 heavy (non-hydrogen) atoms. The van der Waals surface area contributed by atoms with Gasteiger partial charge in [0.2, 0.25) is 0 Å². The van der Waals surface area contributed by atoms with Gasteiger partial charge in [-0.25, -0.2) is 0 Å². The molecule has 0 spiro atoms. The second-order valence-electron chi connectivity index (χ2n) is 3.95. The third kappa shape index (κ3) is 5.45. The number of benzene rings is 1. The average molecular weight is 316 g/mol. The first-order valence-corrected chi connectivity index (χ1v) is 10.0. The van der Waals surface area contributed by atoms with E-state index in [1.165, 1.54) is 4.90 Å². The van der Waals surface area contributed by atoms with Crippen LogP contribution in [0, 0.1) is 0 Å². The highest BCUT2D eigenvalue weighted by molar-refractivity contribution is 7.98. The number of hydrogen-bond acceptors (Lipinski definition) is 5. The number of hydrogen-bond donors (Lipinski definition) is 0. The van der Waals surface area contributed by atoms with E-state index in [-0.39, 0.29) is 0 Å². The van der Waals surface area contributed by atoms with E-state index in [4.69, 9.17) is 18.0 Å². The van der Waals surface area contributed by atoms with Gasteiger partial charge < -0.3 is 18.0 Å². The van der Waals surface area contributed by atoms with Gasteiger partial charge in [-0.3, -0.25) is 0 Å². The Bertz CT molecular complexity index is 355. The molecule has 0 aliphatic carbocycles. The number of rotatable bonds is 10. The highest BCUT2D eigenvalue weighted by Gasteiger charge is 2.42. The van der Waals surface area contributed by atoms with E-state index in [0.29, 0.717) is 26.1 Å². The molecule has 0 aliphatic rings. The summed E-state index contributed by atoms with van der Waals surface area (Å²) in [6, 6.07) is 7.97. The van der Waals surface area contributed by atoms with Crippen molar-refractivity contribution in [3.8, 4) is 5.75 Å². The molecule has 114 valence electrons. The van der Waals surface area contributed by atoms with Crippen LogP contribution in [0.5, 0.6) is 5.75 Å². The SMILES string of the molecule is CCO[Si](COc1ccc(SC)cc1)(OCC)OCC. The number of ether oxygens (including phenoxy) is 1. The van der Waals surface area contributed by atoms with Crippen LogP contribution in [-0.2, 0) is 13.3 Å². The van der Waals surface area contributed by atoms with E-state index >= 15 is 0 Å². The van der Waals surface area contributed by atoms with Gasteiger partial charge in [-0.1, -0.05) is 0 Å². The molecule has 1 aromatic carbocycles. The number of thioether (sulfide) groups is 1. The van der Waals surface area contributed by atoms with Gasteiger partial charge in [0.25, 0.3) is 0 Å². The summed E-state index contributed by atoms with van der Waals surface area (Å²) in [5.41, 5.74) is 0. The fourth-order valence-electron chi connectivity index (χ4n) is 1.75. The van der Waals surface area contributed by atoms with Gasteiger partial charge >= 0.3 is 8.80 Å². The van der Waals surface area contributed by atoms with Gasteiger partial charge in [-0.15, -0.1) is 11.8 Å². The zero-order chi connectivity index (χ0) is 14.8. The van der Waals surface area contributed by atoms with E-state index in [9.17, 15) is 0 Å². The minimum absolute atomic E-state index is 0.334. The Balaban J connectivity index is 2.67. The van der Waals surface area contributed by atoms with E-state index in [1.807, 2.05) is 51.3 Å². The lowest BCUT2D eigenvalue weighted by molar-refractivity contribution is 0.0541. The molecule has 0 fully saturated rings. The summed E-state index contributed by atoms with van der Waals surface area (Å²) in [7, 11) is -2.73. The van der Waals surface area contributed by atoms with Crippen LogP contribution < -0.4 is 4.74 Å². The third-order valence-electron chi connectivity index (χ3n) is 2.57. The van der Waals surface area contributed by atoms with Crippen molar-refractivity contribution in [3.63, 3.8) is 0 Å². The molecule has 0 unspecified atom stereocenters. The standard InChI is InChI=1S/C14H24O4SSi/c1-5-16-20(17-6-2,18-7-3)12-15-13-8-10-14(19-4)11-9-13/h8-11H,5-7,12H2,1-4H3. The monoisotopic (exact) mass is 316 g/mol. The zero-order valence-corrected chi connectivity index (χ0v) is 14.5. The van der Waals surface area contributed by atoms with Crippen LogP contribution in [-0.4, -0.2) is 41.1 Å². The highest BCUT2D eigenvalue weighted by atomic mass is 32.2. The van der Waals surface area contributed by atoms with Crippen molar-refractivity contribution in [2.75, 3.05) is 32.3 Å². The van der Waals surface area contributed by atoms with Crippen molar-refractivity contribution in [2.24, 2.45) is 0 Å². The normalized spacial score (nSPS) is 11.6. The van der Waals surface area contributed by atoms with Crippen molar-refractivity contribution in [2.45, 2.75) is 25.7 Å². The molecule has 4 nitrogen and oxygen atoms in total. The Morgan fingerprint density at radius 3 is 1.80 bits per heavy atom. The summed E-state index contributed by atoms with van der Waals surface area (Å²) >= 11 is 1.70. The first-order chi connectivity index (χ1) is 9.69. The van der Waals surface area contributed by atoms with Gasteiger partial charge in [-0.2, -0.15) is 0 Å². The smallest absolute Gasteiger partial charge is 0.489 e. The molecule has 0 N–H and O–H groups in total. The topological polar surface area (TPSA) is 36.9 Å². The van der Waals surface area contributed by atoms with E-state index < -0.39 is 8.80 Å². The van der Waals surface area contributed by atoms with Crippen LogP contribution in [0.1, 0.15) is 20.8 Å². The lowest BCUT2D eigenvalue weighted by Gasteiger charge is -2.28. The molecule has 1 rings (SSSR count). The second-order valence-corrected chi connectivity index (χ2v) is 7.35. The molecular formula is C14H24O4SSi. The maximum atomic E-state index is 5.81. The molecule has 0 saturated carbocycles. The van der Waals surface area contributed by atoms with Gasteiger partial charge in [-0.05, 0) is 51.3 Å². The van der Waals surface area contributed by atoms with Crippen molar-refractivity contribution >= 4 is 20.6 Å². The molecule has 0 aliphatic heterocycles. The Kier molecular flexibility index (Phi) is 8.24. The lowest BCUT2D eigenvalue weighted by Crippen LogP contribution is -2.51. The fourth-order valence-corrected chi connectivity index (χ4v) is 4.32. The molecule has 6 heteroatoms. The summed E-state index contributed by atoms with van der Waals surface area (Å²) in [6.45, 7) is 7.48. The van der Waals surface area contributed by atoms with Crippen molar-refractivity contribution < 1.29 is 18.0 Å². The molecule has 0 bridgehead atoms. The third-order valence-corrected chi connectivity index (χ3v) is 5.99. The van der Waals surface area contributed by atoms with Gasteiger partial charge in [0.15, 0.2) is 6.23 Å². The Labute approximate surface area is 127 Å². The van der Waals surface area contributed by atoms with Crippen LogP contribution in [0.3, 0.4) is 0 Å². The Morgan fingerprint density at radius 2 is 1.40 bits per heavy atom. The van der Waals surface area contributed by atoms with Crippen molar-refractivity contribution in [3.05, 3.63) is 24.3 Å². The quantitative estimate of drug-likeness (QED) is 0.488. The van der Waals surface area contributed by atoms with Crippen LogP contribution in [0.15, 0.2) is 29.2 Å². The van der Waals surface area contributed by atoms with Crippen LogP contribution in [0.2, 0.25) is 0 Å². The highest BCUT2D eigenvalue weighted by Crippen LogP contribution is 2.20. The predicted molar refractivity (Wildman–Crippen MR) is 84.4 cm³/mol. The summed E-state index contributed by atoms with van der Waals surface area (Å²) in [4.78, 5) is 1.21. The lowest BCUT2D eigenvalue weighted by atomic mass is 10.3. The molecular weight excluding hydrogens is 292 g/mol. The van der Waals surface area contributed by atoms with Crippen LogP contribution in [0.25, 0.3) is 0 Å². The first kappa shape index (κ1) is 17.5. The second kappa shape index (κ2) is 9.41. The molecule has 0 aromatic heterocycles. The van der Waals surface area contributed by atoms with Gasteiger partial charge in [0.1, 0.15) is 5.75 Å². The molecule has 0 radical (unpaired) electrons. The van der Waals surface area contributed by atoms with E-state index in [2.05, 4.69) is 0 Å². The average Bonchev–Trinajstić information content (AvgIpc) is 2.46. The molecule has 0 atom stereocenters. The molecule has 0 amide bonds. The molecule has 1 aromatic rings. The van der Waals surface area contributed by atoms with Crippen LogP contribution in [0.4, 0.5) is 0 Å². The predicted octanol–water partition coefficient (Wildman–Crippen LogP) is 3.37. The zero-order valence-electron chi connectivity index (χ0n) is 12.7. The van der Waals surface area contributed by atoms with E-state index in [0.717, 1.165) is 5.75 Å². The van der Waals surface area contributed by atoms with Crippen LogP contribution >= 0.6 is 11.8 Å². The van der Waals surface area contributed by atoms with Gasteiger partial charge in [0.05, 0.1) is 0 Å². The Hall–Kier alpha value is -0.533. The maximum absolute atomic E-state index is 5.81. The van der Waals surface area contributed by atoms with Gasteiger partial charge in [0, 0.05) is 24.7 Å². The summed E-state index contributed by atoms with van der Waals surface area (Å²) < 4.78 is 23.0. The minimum Gasteiger partial charge on any atom is -0.489 e. The summed E-state index contributed by atoms with van der Waals surface area (Å²) in [5.74, 6) is 0.804. The maximum Gasteiger partial charge on any atom is 0.540 e. The largest absolute Gasteiger partial charge is 0.540 e. The summed E-state index contributed by atoms with van der Waals surface area (Å²) in [6.07, 6.45) is 2.38. The summed E-state index contributed by atoms with van der Waals surface area (Å²) in [5, 5.41) is 0. The van der Waals surface area contributed by atoms with Crippen molar-refractivity contribution in [1.82, 2.24) is 0 Å². The first-order valence-electron chi connectivity index (χ1n) is 6.88. The Morgan fingerprint density at radius 1 is 0.900 bits per heavy atom. The fraction of sp³-hybridized carbons (Fsp3) is 0.571. The molecule has 0 saturated heterocycles.